The lowest BCUT2D eigenvalue weighted by Crippen LogP contribution is -2.21. The van der Waals surface area contributed by atoms with E-state index < -0.39 is 0 Å². The Balaban J connectivity index is 2.08. The zero-order chi connectivity index (χ0) is 8.29. The molecule has 0 spiro atoms. The molecule has 0 aromatic heterocycles. The van der Waals surface area contributed by atoms with Gasteiger partial charge >= 0.3 is 0 Å². The summed E-state index contributed by atoms with van der Waals surface area (Å²) >= 11 is 0. The van der Waals surface area contributed by atoms with Crippen molar-refractivity contribution >= 4 is 5.78 Å². The van der Waals surface area contributed by atoms with Gasteiger partial charge in [-0.1, -0.05) is 18.2 Å². The maximum absolute atomic E-state index is 11.4. The number of ketones is 1. The number of allylic oxidation sites excluding steroid dienone is 2. The SMILES string of the molecule is O=C1C=C[C@@H]2[C@H]3C=C[C@@H]([C@H]3O)[C@@H]12. The van der Waals surface area contributed by atoms with Gasteiger partial charge in [-0.15, -0.1) is 0 Å². The summed E-state index contributed by atoms with van der Waals surface area (Å²) in [6, 6.07) is 0. The van der Waals surface area contributed by atoms with Crippen LogP contribution in [0, 0.1) is 23.7 Å². The molecule has 5 atom stereocenters. The van der Waals surface area contributed by atoms with Crippen LogP contribution in [0.3, 0.4) is 0 Å². The van der Waals surface area contributed by atoms with Crippen LogP contribution in [0.4, 0.5) is 0 Å². The van der Waals surface area contributed by atoms with Gasteiger partial charge in [0.25, 0.3) is 0 Å². The number of carbonyl (C=O) groups is 1. The van der Waals surface area contributed by atoms with Crippen molar-refractivity contribution in [3.05, 3.63) is 24.3 Å². The van der Waals surface area contributed by atoms with Crippen molar-refractivity contribution in [3.8, 4) is 0 Å². The van der Waals surface area contributed by atoms with Crippen molar-refractivity contribution in [1.29, 1.82) is 0 Å². The molecule has 3 rings (SSSR count). The highest BCUT2D eigenvalue weighted by molar-refractivity contribution is 5.95. The van der Waals surface area contributed by atoms with Crippen molar-refractivity contribution in [2.75, 3.05) is 0 Å². The van der Waals surface area contributed by atoms with E-state index >= 15 is 0 Å². The summed E-state index contributed by atoms with van der Waals surface area (Å²) in [6.45, 7) is 0. The minimum atomic E-state index is -0.297. The number of aliphatic hydroxyl groups excluding tert-OH is 1. The highest BCUT2D eigenvalue weighted by atomic mass is 16.3. The monoisotopic (exact) mass is 162 g/mol. The molecule has 12 heavy (non-hydrogen) atoms. The normalized spacial score (nSPS) is 53.8. The molecule has 1 N–H and O–H groups in total. The minimum absolute atomic E-state index is 0.0648. The molecule has 3 aliphatic carbocycles. The van der Waals surface area contributed by atoms with E-state index in [2.05, 4.69) is 6.08 Å². The number of hydrogen-bond acceptors (Lipinski definition) is 2. The van der Waals surface area contributed by atoms with Gasteiger partial charge in [0, 0.05) is 17.8 Å². The highest BCUT2D eigenvalue weighted by Crippen LogP contribution is 2.51. The van der Waals surface area contributed by atoms with Crippen molar-refractivity contribution < 1.29 is 9.90 Å². The molecule has 62 valence electrons. The molecule has 1 fully saturated rings. The topological polar surface area (TPSA) is 37.3 Å². The Kier molecular flexibility index (Phi) is 1.04. The molecule has 0 aliphatic heterocycles. The van der Waals surface area contributed by atoms with Gasteiger partial charge < -0.3 is 5.11 Å². The molecule has 0 aromatic carbocycles. The first-order valence-electron chi connectivity index (χ1n) is 4.37. The van der Waals surface area contributed by atoms with Gasteiger partial charge in [-0.05, 0) is 12.0 Å². The number of fused-ring (bicyclic) bond motifs is 5. The van der Waals surface area contributed by atoms with Gasteiger partial charge in [0.2, 0.25) is 0 Å². The van der Waals surface area contributed by atoms with Crippen molar-refractivity contribution in [2.45, 2.75) is 6.10 Å². The van der Waals surface area contributed by atoms with Crippen LogP contribution in [0.2, 0.25) is 0 Å². The molecule has 0 aromatic rings. The predicted molar refractivity (Wildman–Crippen MR) is 43.3 cm³/mol. The smallest absolute Gasteiger partial charge is 0.159 e. The number of carbonyl (C=O) groups excluding carboxylic acids is 1. The average molecular weight is 162 g/mol. The van der Waals surface area contributed by atoms with Gasteiger partial charge in [-0.25, -0.2) is 0 Å². The highest BCUT2D eigenvalue weighted by Gasteiger charge is 2.54. The fraction of sp³-hybridized carbons (Fsp3) is 0.500. The van der Waals surface area contributed by atoms with Gasteiger partial charge in [0.1, 0.15) is 0 Å². The Morgan fingerprint density at radius 2 is 1.83 bits per heavy atom. The lowest BCUT2D eigenvalue weighted by molar-refractivity contribution is -0.119. The summed E-state index contributed by atoms with van der Waals surface area (Å²) in [5.74, 6) is 0.874. The van der Waals surface area contributed by atoms with E-state index in [0.717, 1.165) is 0 Å². The second kappa shape index (κ2) is 1.88. The van der Waals surface area contributed by atoms with Crippen LogP contribution in [0.25, 0.3) is 0 Å². The largest absolute Gasteiger partial charge is 0.392 e. The third kappa shape index (κ3) is 0.547. The van der Waals surface area contributed by atoms with Crippen LogP contribution in [-0.4, -0.2) is 17.0 Å². The van der Waals surface area contributed by atoms with Crippen LogP contribution in [-0.2, 0) is 4.79 Å². The number of aliphatic hydroxyl groups is 1. The molecule has 2 heteroatoms. The van der Waals surface area contributed by atoms with E-state index in [1.54, 1.807) is 6.08 Å². The summed E-state index contributed by atoms with van der Waals surface area (Å²) in [5.41, 5.74) is 0. The molecule has 0 heterocycles. The molecule has 1 saturated carbocycles. The Hall–Kier alpha value is -0.890. The Morgan fingerprint density at radius 3 is 2.58 bits per heavy atom. The zero-order valence-corrected chi connectivity index (χ0v) is 6.55. The second-order valence-corrected chi connectivity index (χ2v) is 3.89. The summed E-state index contributed by atoms with van der Waals surface area (Å²) in [4.78, 5) is 11.4. The Bertz CT molecular complexity index is 303. The van der Waals surface area contributed by atoms with Gasteiger partial charge in [0.15, 0.2) is 5.78 Å². The standard InChI is InChI=1S/C10H10O2/c11-8-4-3-5-6-1-2-7(9(5)8)10(6)12/h1-7,9-10,12H/t5-,6-,7-,9+,10+/m1/s1. The van der Waals surface area contributed by atoms with E-state index in [0.29, 0.717) is 5.92 Å². The summed E-state index contributed by atoms with van der Waals surface area (Å²) in [7, 11) is 0. The number of rotatable bonds is 0. The Morgan fingerprint density at radius 1 is 1.08 bits per heavy atom. The summed E-state index contributed by atoms with van der Waals surface area (Å²) in [6.07, 6.45) is 7.40. The Labute approximate surface area is 70.6 Å². The fourth-order valence-corrected chi connectivity index (χ4v) is 2.87. The van der Waals surface area contributed by atoms with Crippen molar-refractivity contribution in [1.82, 2.24) is 0 Å². The molecular formula is C10H10O2. The van der Waals surface area contributed by atoms with E-state index in [-0.39, 0.29) is 29.6 Å². The quantitative estimate of drug-likeness (QED) is 0.528. The lowest BCUT2D eigenvalue weighted by Gasteiger charge is -2.16. The third-order valence-electron chi connectivity index (χ3n) is 3.43. The average Bonchev–Trinajstić information content (AvgIpc) is 2.66. The molecule has 3 aliphatic rings. The fourth-order valence-electron chi connectivity index (χ4n) is 2.87. The van der Waals surface area contributed by atoms with E-state index in [9.17, 15) is 9.90 Å². The molecule has 0 radical (unpaired) electrons. The minimum Gasteiger partial charge on any atom is -0.392 e. The van der Waals surface area contributed by atoms with E-state index in [4.69, 9.17) is 0 Å². The molecule has 2 bridgehead atoms. The van der Waals surface area contributed by atoms with Crippen LogP contribution in [0.5, 0.6) is 0 Å². The first-order valence-corrected chi connectivity index (χ1v) is 4.37. The van der Waals surface area contributed by atoms with Crippen LogP contribution >= 0.6 is 0 Å². The van der Waals surface area contributed by atoms with Crippen LogP contribution < -0.4 is 0 Å². The summed E-state index contributed by atoms with van der Waals surface area (Å²) < 4.78 is 0. The first-order chi connectivity index (χ1) is 5.79. The second-order valence-electron chi connectivity index (χ2n) is 3.89. The maximum atomic E-state index is 11.4. The molecule has 0 saturated heterocycles. The summed E-state index contributed by atoms with van der Waals surface area (Å²) in [5, 5.41) is 9.70. The lowest BCUT2D eigenvalue weighted by atomic mass is 9.85. The van der Waals surface area contributed by atoms with Gasteiger partial charge in [0.05, 0.1) is 6.10 Å². The van der Waals surface area contributed by atoms with Gasteiger partial charge in [-0.2, -0.15) is 0 Å². The molecular weight excluding hydrogens is 152 g/mol. The van der Waals surface area contributed by atoms with Gasteiger partial charge in [-0.3, -0.25) is 4.79 Å². The zero-order valence-electron chi connectivity index (χ0n) is 6.55. The maximum Gasteiger partial charge on any atom is 0.159 e. The molecule has 0 unspecified atom stereocenters. The van der Waals surface area contributed by atoms with E-state index in [1.807, 2.05) is 12.2 Å². The van der Waals surface area contributed by atoms with Crippen LogP contribution in [0.15, 0.2) is 24.3 Å². The predicted octanol–water partition coefficient (Wildman–Crippen LogP) is 0.534. The molecule has 2 nitrogen and oxygen atoms in total. The first kappa shape index (κ1) is 6.61. The van der Waals surface area contributed by atoms with Crippen LogP contribution in [0.1, 0.15) is 0 Å². The van der Waals surface area contributed by atoms with Crippen molar-refractivity contribution in [2.24, 2.45) is 23.7 Å². The molecule has 0 amide bonds. The third-order valence-corrected chi connectivity index (χ3v) is 3.43. The van der Waals surface area contributed by atoms with E-state index in [1.165, 1.54) is 0 Å². The number of hydrogen-bond donors (Lipinski definition) is 1. The van der Waals surface area contributed by atoms with Crippen molar-refractivity contribution in [3.63, 3.8) is 0 Å².